The molecule has 0 aliphatic heterocycles. The van der Waals surface area contributed by atoms with Crippen LogP contribution in [0.25, 0.3) is 22.0 Å². The lowest BCUT2D eigenvalue weighted by molar-refractivity contribution is -0.137. The van der Waals surface area contributed by atoms with E-state index in [1.165, 1.54) is 16.7 Å². The summed E-state index contributed by atoms with van der Waals surface area (Å²) in [7, 11) is 0. The van der Waals surface area contributed by atoms with Crippen LogP contribution in [0.2, 0.25) is 0 Å². The lowest BCUT2D eigenvalue weighted by Crippen LogP contribution is -2.13. The van der Waals surface area contributed by atoms with Gasteiger partial charge in [-0.3, -0.25) is 14.3 Å². The summed E-state index contributed by atoms with van der Waals surface area (Å²) in [5, 5.41) is 14.8. The van der Waals surface area contributed by atoms with Crippen molar-refractivity contribution >= 4 is 22.7 Å². The maximum Gasteiger partial charge on any atom is 0.303 e. The zero-order valence-electron chi connectivity index (χ0n) is 23.8. The second-order valence-corrected chi connectivity index (χ2v) is 12.0. The maximum atomic E-state index is 12.5. The van der Waals surface area contributed by atoms with Crippen LogP contribution in [-0.4, -0.2) is 26.6 Å². The van der Waals surface area contributed by atoms with E-state index in [2.05, 4.69) is 81.8 Å². The first-order valence-electron chi connectivity index (χ1n) is 14.0. The third-order valence-electron chi connectivity index (χ3n) is 7.40. The monoisotopic (exact) mass is 524 g/mol. The average Bonchev–Trinajstić information content (AvgIpc) is 3.31. The normalized spacial score (nSPS) is 12.7. The fraction of sp³-hybridized carbons (Fsp3) is 0.382. The van der Waals surface area contributed by atoms with E-state index in [1.54, 1.807) is 0 Å². The van der Waals surface area contributed by atoms with Crippen molar-refractivity contribution in [1.82, 2.24) is 9.78 Å². The molecule has 1 N–H and O–H groups in total. The average molecular weight is 525 g/mol. The van der Waals surface area contributed by atoms with Gasteiger partial charge in [0.2, 0.25) is 0 Å². The SMILES string of the molecule is CC(C)CCC(c1ccc(C(=O)CCCC(=O)O)cc1)n1ncc2cc(-c3ccc(C(C)(C)C)cc3)ccc21. The van der Waals surface area contributed by atoms with E-state index < -0.39 is 5.97 Å². The molecule has 0 radical (unpaired) electrons. The summed E-state index contributed by atoms with van der Waals surface area (Å²) in [4.78, 5) is 23.3. The van der Waals surface area contributed by atoms with Crippen LogP contribution in [0.3, 0.4) is 0 Å². The molecular formula is C34H40N2O3. The minimum Gasteiger partial charge on any atom is -0.481 e. The molecule has 1 atom stereocenters. The number of carboxylic acids is 1. The van der Waals surface area contributed by atoms with Crippen LogP contribution in [0.5, 0.6) is 0 Å². The predicted octanol–water partition coefficient (Wildman–Crippen LogP) is 8.46. The number of carbonyl (C=O) groups is 2. The number of nitrogens with zero attached hydrogens (tertiary/aromatic N) is 2. The molecule has 5 nitrogen and oxygen atoms in total. The Morgan fingerprint density at radius 2 is 1.54 bits per heavy atom. The van der Waals surface area contributed by atoms with Gasteiger partial charge in [-0.05, 0) is 65.0 Å². The third-order valence-corrected chi connectivity index (χ3v) is 7.40. The number of aliphatic carboxylic acids is 1. The van der Waals surface area contributed by atoms with Gasteiger partial charge in [0, 0.05) is 23.8 Å². The van der Waals surface area contributed by atoms with Crippen molar-refractivity contribution in [2.45, 2.75) is 78.2 Å². The fourth-order valence-corrected chi connectivity index (χ4v) is 5.00. The van der Waals surface area contributed by atoms with E-state index in [9.17, 15) is 9.59 Å². The van der Waals surface area contributed by atoms with Crippen LogP contribution in [-0.2, 0) is 10.2 Å². The molecule has 4 aromatic rings. The number of Topliss-reactive ketones (excluding diaryl/α,β-unsaturated/α-hetero) is 1. The molecule has 0 spiro atoms. The number of hydrogen-bond acceptors (Lipinski definition) is 3. The molecule has 0 amide bonds. The van der Waals surface area contributed by atoms with Crippen molar-refractivity contribution in [3.8, 4) is 11.1 Å². The van der Waals surface area contributed by atoms with Crippen molar-refractivity contribution in [3.05, 3.63) is 89.6 Å². The first-order chi connectivity index (χ1) is 18.5. The minimum atomic E-state index is -0.872. The number of rotatable bonds is 11. The highest BCUT2D eigenvalue weighted by molar-refractivity contribution is 5.96. The van der Waals surface area contributed by atoms with Crippen molar-refractivity contribution in [2.75, 3.05) is 0 Å². The molecule has 3 aromatic carbocycles. The van der Waals surface area contributed by atoms with E-state index in [1.807, 2.05) is 30.5 Å². The topological polar surface area (TPSA) is 72.2 Å². The number of ketones is 1. The molecule has 0 saturated carbocycles. The summed E-state index contributed by atoms with van der Waals surface area (Å²) < 4.78 is 2.12. The lowest BCUT2D eigenvalue weighted by atomic mass is 9.86. The second-order valence-electron chi connectivity index (χ2n) is 12.0. The van der Waals surface area contributed by atoms with E-state index in [0.717, 1.165) is 29.3 Å². The van der Waals surface area contributed by atoms with Crippen LogP contribution in [0.4, 0.5) is 0 Å². The van der Waals surface area contributed by atoms with Crippen molar-refractivity contribution in [3.63, 3.8) is 0 Å². The molecule has 1 unspecified atom stereocenters. The molecule has 204 valence electrons. The Balaban J connectivity index is 1.60. The zero-order valence-corrected chi connectivity index (χ0v) is 23.8. The highest BCUT2D eigenvalue weighted by atomic mass is 16.4. The number of fused-ring (bicyclic) bond motifs is 1. The largest absolute Gasteiger partial charge is 0.481 e. The van der Waals surface area contributed by atoms with Crippen molar-refractivity contribution in [2.24, 2.45) is 5.92 Å². The van der Waals surface area contributed by atoms with E-state index in [0.29, 0.717) is 17.9 Å². The Morgan fingerprint density at radius 3 is 2.15 bits per heavy atom. The van der Waals surface area contributed by atoms with Gasteiger partial charge < -0.3 is 5.11 Å². The Morgan fingerprint density at radius 1 is 0.872 bits per heavy atom. The Hall–Kier alpha value is -3.73. The third kappa shape index (κ3) is 7.03. The number of carboxylic acid groups (broad SMARTS) is 1. The predicted molar refractivity (Wildman–Crippen MR) is 158 cm³/mol. The van der Waals surface area contributed by atoms with Crippen molar-refractivity contribution in [1.29, 1.82) is 0 Å². The molecule has 4 rings (SSSR count). The van der Waals surface area contributed by atoms with Crippen molar-refractivity contribution < 1.29 is 14.7 Å². The molecule has 0 fully saturated rings. The summed E-state index contributed by atoms with van der Waals surface area (Å²) in [5.74, 6) is -0.329. The quantitative estimate of drug-likeness (QED) is 0.200. The first kappa shape index (κ1) is 28.3. The van der Waals surface area contributed by atoms with E-state index >= 15 is 0 Å². The highest BCUT2D eigenvalue weighted by Crippen LogP contribution is 2.32. The van der Waals surface area contributed by atoms with Gasteiger partial charge in [-0.15, -0.1) is 0 Å². The molecule has 0 aliphatic carbocycles. The minimum absolute atomic E-state index is 0.0113. The highest BCUT2D eigenvalue weighted by Gasteiger charge is 2.19. The number of hydrogen-bond donors (Lipinski definition) is 1. The molecule has 1 aromatic heterocycles. The maximum absolute atomic E-state index is 12.5. The van der Waals surface area contributed by atoms with Crippen LogP contribution in [0, 0.1) is 5.92 Å². The summed E-state index contributed by atoms with van der Waals surface area (Å²) >= 11 is 0. The first-order valence-corrected chi connectivity index (χ1v) is 14.0. The fourth-order valence-electron chi connectivity index (χ4n) is 5.00. The molecule has 0 aliphatic rings. The van der Waals surface area contributed by atoms with Gasteiger partial charge in [0.15, 0.2) is 5.78 Å². The van der Waals surface area contributed by atoms with Crippen LogP contribution < -0.4 is 0 Å². The van der Waals surface area contributed by atoms with E-state index in [4.69, 9.17) is 10.2 Å². The Labute approximate surface area is 231 Å². The number of aromatic nitrogens is 2. The van der Waals surface area contributed by atoms with Gasteiger partial charge in [0.1, 0.15) is 0 Å². The molecule has 5 heteroatoms. The van der Waals surface area contributed by atoms with Crippen LogP contribution >= 0.6 is 0 Å². The Kier molecular flexibility index (Phi) is 8.69. The summed E-state index contributed by atoms with van der Waals surface area (Å²) in [6.07, 6.45) is 4.56. The van der Waals surface area contributed by atoms with E-state index in [-0.39, 0.29) is 30.1 Å². The van der Waals surface area contributed by atoms with Gasteiger partial charge in [-0.1, -0.05) is 89.2 Å². The standard InChI is InChI=1S/C34H40N2O3/c1-23(2)9-19-30(25-10-12-26(13-11-25)32(37)7-6-8-33(38)39)36-31-20-16-27(21-28(31)22-35-36)24-14-17-29(18-15-24)34(3,4)5/h10-18,20-23,30H,6-9,19H2,1-5H3,(H,38,39). The molecule has 0 saturated heterocycles. The second kappa shape index (κ2) is 12.0. The smallest absolute Gasteiger partial charge is 0.303 e. The van der Waals surface area contributed by atoms with Gasteiger partial charge in [0.25, 0.3) is 0 Å². The van der Waals surface area contributed by atoms with Crippen LogP contribution in [0.1, 0.15) is 94.2 Å². The summed E-state index contributed by atoms with van der Waals surface area (Å²) in [5.41, 5.74) is 6.64. The molecular weight excluding hydrogens is 484 g/mol. The Bertz CT molecular complexity index is 1420. The molecule has 0 bridgehead atoms. The number of carbonyl (C=O) groups excluding carboxylic acids is 1. The zero-order chi connectivity index (χ0) is 28.2. The van der Waals surface area contributed by atoms with Gasteiger partial charge >= 0.3 is 5.97 Å². The van der Waals surface area contributed by atoms with Gasteiger partial charge in [0.05, 0.1) is 17.8 Å². The van der Waals surface area contributed by atoms with Gasteiger partial charge in [-0.25, -0.2) is 0 Å². The van der Waals surface area contributed by atoms with Crippen LogP contribution in [0.15, 0.2) is 72.9 Å². The molecule has 39 heavy (non-hydrogen) atoms. The number of benzene rings is 3. The van der Waals surface area contributed by atoms with Gasteiger partial charge in [-0.2, -0.15) is 5.10 Å². The summed E-state index contributed by atoms with van der Waals surface area (Å²) in [6.45, 7) is 11.1. The lowest BCUT2D eigenvalue weighted by Gasteiger charge is -2.21. The summed E-state index contributed by atoms with van der Waals surface area (Å²) in [6, 6.07) is 23.2. The molecule has 1 heterocycles.